The molecule has 0 aliphatic heterocycles. The molecule has 78 valence electrons. The number of benzene rings is 1. The standard InChI is InChI=1S/C13H14O2/c1-3-4-5-8-15-13-7-6-11(2)9-12(13)10-14/h6-7,9-10H,5,8H2,1-2H3. The SMILES string of the molecule is CC#CCCOc1ccc(C)cc1C=O. The van der Waals surface area contributed by atoms with Crippen molar-refractivity contribution < 1.29 is 9.53 Å². The fraction of sp³-hybridized carbons (Fsp3) is 0.308. The third-order valence-corrected chi connectivity index (χ3v) is 1.95. The van der Waals surface area contributed by atoms with E-state index in [1.165, 1.54) is 0 Å². The highest BCUT2D eigenvalue weighted by Crippen LogP contribution is 2.18. The Morgan fingerprint density at radius 2 is 2.27 bits per heavy atom. The lowest BCUT2D eigenvalue weighted by Gasteiger charge is -2.07. The number of aryl methyl sites for hydroxylation is 1. The topological polar surface area (TPSA) is 26.3 Å². The Balaban J connectivity index is 2.66. The average Bonchev–Trinajstić information content (AvgIpc) is 2.26. The van der Waals surface area contributed by atoms with Crippen molar-refractivity contribution in [2.24, 2.45) is 0 Å². The average molecular weight is 202 g/mol. The van der Waals surface area contributed by atoms with E-state index in [1.807, 2.05) is 25.1 Å². The summed E-state index contributed by atoms with van der Waals surface area (Å²) in [5.41, 5.74) is 1.65. The number of carbonyl (C=O) groups excluding carboxylic acids is 1. The molecule has 15 heavy (non-hydrogen) atoms. The van der Waals surface area contributed by atoms with E-state index >= 15 is 0 Å². The van der Waals surface area contributed by atoms with Gasteiger partial charge in [0.15, 0.2) is 6.29 Å². The van der Waals surface area contributed by atoms with Crippen molar-refractivity contribution in [2.75, 3.05) is 6.61 Å². The van der Waals surface area contributed by atoms with Crippen molar-refractivity contribution in [3.05, 3.63) is 29.3 Å². The maximum atomic E-state index is 10.8. The van der Waals surface area contributed by atoms with Crippen LogP contribution in [0.25, 0.3) is 0 Å². The number of aldehydes is 1. The molecule has 0 spiro atoms. The fourth-order valence-electron chi connectivity index (χ4n) is 1.23. The summed E-state index contributed by atoms with van der Waals surface area (Å²) in [4.78, 5) is 10.8. The Labute approximate surface area is 90.3 Å². The van der Waals surface area contributed by atoms with Gasteiger partial charge in [-0.05, 0) is 26.0 Å². The summed E-state index contributed by atoms with van der Waals surface area (Å²) >= 11 is 0. The van der Waals surface area contributed by atoms with Crippen LogP contribution in [-0.4, -0.2) is 12.9 Å². The molecule has 0 bridgehead atoms. The van der Waals surface area contributed by atoms with Crippen LogP contribution in [0.2, 0.25) is 0 Å². The molecule has 0 unspecified atom stereocenters. The van der Waals surface area contributed by atoms with Gasteiger partial charge in [-0.15, -0.1) is 11.8 Å². The molecular weight excluding hydrogens is 188 g/mol. The number of carbonyl (C=O) groups is 1. The Kier molecular flexibility index (Phi) is 4.43. The number of rotatable bonds is 4. The van der Waals surface area contributed by atoms with E-state index in [1.54, 1.807) is 6.92 Å². The quantitative estimate of drug-likeness (QED) is 0.426. The first-order chi connectivity index (χ1) is 7.27. The van der Waals surface area contributed by atoms with E-state index in [9.17, 15) is 4.79 Å². The molecule has 0 saturated carbocycles. The van der Waals surface area contributed by atoms with Crippen molar-refractivity contribution in [3.63, 3.8) is 0 Å². The zero-order chi connectivity index (χ0) is 11.1. The second kappa shape index (κ2) is 5.87. The summed E-state index contributed by atoms with van der Waals surface area (Å²) in [6.45, 7) is 4.26. The predicted octanol–water partition coefficient (Wildman–Crippen LogP) is 2.60. The third kappa shape index (κ3) is 3.47. The van der Waals surface area contributed by atoms with E-state index in [0.717, 1.165) is 11.8 Å². The molecule has 2 heteroatoms. The molecule has 0 N–H and O–H groups in total. The number of hydrogen-bond donors (Lipinski definition) is 0. The van der Waals surface area contributed by atoms with Crippen LogP contribution in [-0.2, 0) is 0 Å². The Morgan fingerprint density at radius 1 is 1.47 bits per heavy atom. The van der Waals surface area contributed by atoms with E-state index < -0.39 is 0 Å². The molecule has 0 saturated heterocycles. The molecular formula is C13H14O2. The normalized spacial score (nSPS) is 8.93. The summed E-state index contributed by atoms with van der Waals surface area (Å²) in [6.07, 6.45) is 1.50. The van der Waals surface area contributed by atoms with Gasteiger partial charge < -0.3 is 4.74 Å². The fourth-order valence-corrected chi connectivity index (χ4v) is 1.23. The van der Waals surface area contributed by atoms with Gasteiger partial charge in [0.1, 0.15) is 5.75 Å². The lowest BCUT2D eigenvalue weighted by Crippen LogP contribution is -1.99. The first kappa shape index (κ1) is 11.3. The van der Waals surface area contributed by atoms with Crippen molar-refractivity contribution in [1.29, 1.82) is 0 Å². The number of ether oxygens (including phenoxy) is 1. The van der Waals surface area contributed by atoms with Crippen LogP contribution in [0.4, 0.5) is 0 Å². The van der Waals surface area contributed by atoms with Gasteiger partial charge in [-0.2, -0.15) is 0 Å². The summed E-state index contributed by atoms with van der Waals surface area (Å²) in [5, 5.41) is 0. The van der Waals surface area contributed by atoms with E-state index in [-0.39, 0.29) is 0 Å². The molecule has 0 atom stereocenters. The molecule has 0 radical (unpaired) electrons. The molecule has 0 aliphatic carbocycles. The van der Waals surface area contributed by atoms with E-state index in [0.29, 0.717) is 24.3 Å². The van der Waals surface area contributed by atoms with Crippen molar-refractivity contribution in [2.45, 2.75) is 20.3 Å². The Morgan fingerprint density at radius 3 is 2.93 bits per heavy atom. The van der Waals surface area contributed by atoms with Gasteiger partial charge in [0.2, 0.25) is 0 Å². The van der Waals surface area contributed by atoms with Crippen molar-refractivity contribution in [3.8, 4) is 17.6 Å². The van der Waals surface area contributed by atoms with Gasteiger partial charge in [0.25, 0.3) is 0 Å². The summed E-state index contributed by atoms with van der Waals surface area (Å²) < 4.78 is 5.45. The Bertz CT molecular complexity index is 397. The monoisotopic (exact) mass is 202 g/mol. The second-order valence-electron chi connectivity index (χ2n) is 3.18. The number of hydrogen-bond acceptors (Lipinski definition) is 2. The molecule has 0 heterocycles. The summed E-state index contributed by atoms with van der Waals surface area (Å²) in [5.74, 6) is 6.33. The Hall–Kier alpha value is -1.75. The zero-order valence-corrected chi connectivity index (χ0v) is 9.04. The van der Waals surface area contributed by atoms with Gasteiger partial charge in [0, 0.05) is 6.42 Å². The molecule has 0 fully saturated rings. The van der Waals surface area contributed by atoms with Crippen LogP contribution in [0.15, 0.2) is 18.2 Å². The largest absolute Gasteiger partial charge is 0.492 e. The third-order valence-electron chi connectivity index (χ3n) is 1.95. The minimum absolute atomic E-state index is 0.519. The van der Waals surface area contributed by atoms with Crippen molar-refractivity contribution >= 4 is 6.29 Å². The van der Waals surface area contributed by atoms with E-state index in [2.05, 4.69) is 11.8 Å². The van der Waals surface area contributed by atoms with Gasteiger partial charge >= 0.3 is 0 Å². The molecule has 0 aromatic heterocycles. The molecule has 1 rings (SSSR count). The lowest BCUT2D eigenvalue weighted by atomic mass is 10.1. The van der Waals surface area contributed by atoms with Crippen LogP contribution < -0.4 is 4.74 Å². The van der Waals surface area contributed by atoms with Crippen LogP contribution in [0, 0.1) is 18.8 Å². The molecule has 1 aromatic rings. The smallest absolute Gasteiger partial charge is 0.153 e. The highest BCUT2D eigenvalue weighted by molar-refractivity contribution is 5.79. The molecule has 0 amide bonds. The first-order valence-corrected chi connectivity index (χ1v) is 4.86. The summed E-state index contributed by atoms with van der Waals surface area (Å²) in [6, 6.07) is 5.56. The predicted molar refractivity (Wildman–Crippen MR) is 60.1 cm³/mol. The highest BCUT2D eigenvalue weighted by atomic mass is 16.5. The van der Waals surface area contributed by atoms with Gasteiger partial charge in [-0.3, -0.25) is 4.79 Å². The zero-order valence-electron chi connectivity index (χ0n) is 9.04. The highest BCUT2D eigenvalue weighted by Gasteiger charge is 2.01. The minimum Gasteiger partial charge on any atom is -0.492 e. The first-order valence-electron chi connectivity index (χ1n) is 4.86. The maximum Gasteiger partial charge on any atom is 0.153 e. The van der Waals surface area contributed by atoms with Crippen LogP contribution in [0.5, 0.6) is 5.75 Å². The maximum absolute atomic E-state index is 10.8. The van der Waals surface area contributed by atoms with Gasteiger partial charge in [0.05, 0.1) is 12.2 Å². The van der Waals surface area contributed by atoms with Crippen molar-refractivity contribution in [1.82, 2.24) is 0 Å². The van der Waals surface area contributed by atoms with Crippen LogP contribution in [0.1, 0.15) is 29.3 Å². The van der Waals surface area contributed by atoms with Crippen LogP contribution >= 0.6 is 0 Å². The molecule has 1 aromatic carbocycles. The summed E-state index contributed by atoms with van der Waals surface area (Å²) in [7, 11) is 0. The van der Waals surface area contributed by atoms with E-state index in [4.69, 9.17) is 4.74 Å². The van der Waals surface area contributed by atoms with Gasteiger partial charge in [-0.1, -0.05) is 11.6 Å². The van der Waals surface area contributed by atoms with Crippen LogP contribution in [0.3, 0.4) is 0 Å². The second-order valence-corrected chi connectivity index (χ2v) is 3.18. The lowest BCUT2D eigenvalue weighted by molar-refractivity contribution is 0.111. The van der Waals surface area contributed by atoms with Gasteiger partial charge in [-0.25, -0.2) is 0 Å². The molecule has 2 nitrogen and oxygen atoms in total. The molecule has 0 aliphatic rings. The minimum atomic E-state index is 0.519.